The van der Waals surface area contributed by atoms with Crippen LogP contribution in [0, 0.1) is 6.61 Å². The fourth-order valence-electron chi connectivity index (χ4n) is 1.42. The molecular formula is C11H12NO2. The van der Waals surface area contributed by atoms with Crippen molar-refractivity contribution in [3.05, 3.63) is 42.5 Å². The molecule has 1 heterocycles. The average molecular weight is 190 g/mol. The third-order valence-corrected chi connectivity index (χ3v) is 2.19. The normalized spacial score (nSPS) is 17.1. The van der Waals surface area contributed by atoms with Crippen LogP contribution in [0.5, 0.6) is 0 Å². The highest BCUT2D eigenvalue weighted by molar-refractivity contribution is 5.78. The molecule has 0 N–H and O–H groups in total. The summed E-state index contributed by atoms with van der Waals surface area (Å²) in [7, 11) is 0. The molecule has 1 radical (unpaired) electrons. The zero-order valence-corrected chi connectivity index (χ0v) is 7.85. The van der Waals surface area contributed by atoms with Crippen LogP contribution in [0.2, 0.25) is 0 Å². The van der Waals surface area contributed by atoms with E-state index in [2.05, 4.69) is 0 Å². The van der Waals surface area contributed by atoms with Gasteiger partial charge in [-0.2, -0.15) is 0 Å². The van der Waals surface area contributed by atoms with E-state index in [9.17, 15) is 4.79 Å². The van der Waals surface area contributed by atoms with Crippen molar-refractivity contribution < 1.29 is 9.53 Å². The second-order valence-electron chi connectivity index (χ2n) is 3.24. The number of hydrogen-bond donors (Lipinski definition) is 0. The molecular weight excluding hydrogens is 178 g/mol. The van der Waals surface area contributed by atoms with E-state index in [0.717, 1.165) is 5.56 Å². The number of carbonyl (C=O) groups excluding carboxylic acids is 1. The van der Waals surface area contributed by atoms with E-state index >= 15 is 0 Å². The molecule has 1 amide bonds. The molecule has 0 unspecified atom stereocenters. The van der Waals surface area contributed by atoms with E-state index in [0.29, 0.717) is 13.1 Å². The smallest absolute Gasteiger partial charge is 0.248 e. The number of benzene rings is 1. The number of amides is 1. The zero-order chi connectivity index (χ0) is 9.80. The number of ether oxygens (including phenoxy) is 1. The van der Waals surface area contributed by atoms with E-state index < -0.39 is 0 Å². The second-order valence-corrected chi connectivity index (χ2v) is 3.24. The van der Waals surface area contributed by atoms with Crippen molar-refractivity contribution in [3.63, 3.8) is 0 Å². The van der Waals surface area contributed by atoms with Crippen LogP contribution >= 0.6 is 0 Å². The molecule has 3 nitrogen and oxygen atoms in total. The van der Waals surface area contributed by atoms with Crippen molar-refractivity contribution >= 4 is 5.91 Å². The molecule has 0 atom stereocenters. The van der Waals surface area contributed by atoms with E-state index in [1.165, 1.54) is 0 Å². The van der Waals surface area contributed by atoms with Crippen molar-refractivity contribution in [1.82, 2.24) is 4.90 Å². The predicted molar refractivity (Wildman–Crippen MR) is 52.1 cm³/mol. The summed E-state index contributed by atoms with van der Waals surface area (Å²) in [6.07, 6.45) is 0. The number of hydrogen-bond acceptors (Lipinski definition) is 2. The Morgan fingerprint density at radius 3 is 2.79 bits per heavy atom. The Bertz CT molecular complexity index is 310. The minimum absolute atomic E-state index is 0.0522. The molecule has 0 aromatic heterocycles. The Morgan fingerprint density at radius 2 is 2.07 bits per heavy atom. The predicted octanol–water partition coefficient (Wildman–Crippen LogP) is 1.21. The van der Waals surface area contributed by atoms with Gasteiger partial charge < -0.3 is 9.64 Å². The molecule has 0 bridgehead atoms. The quantitative estimate of drug-likeness (QED) is 0.701. The molecule has 3 heteroatoms. The van der Waals surface area contributed by atoms with Gasteiger partial charge in [0, 0.05) is 13.1 Å². The van der Waals surface area contributed by atoms with Gasteiger partial charge in [0.25, 0.3) is 0 Å². The molecule has 1 saturated heterocycles. The van der Waals surface area contributed by atoms with E-state index in [4.69, 9.17) is 4.74 Å². The summed E-state index contributed by atoms with van der Waals surface area (Å²) in [5.41, 5.74) is 1.15. The van der Waals surface area contributed by atoms with Crippen molar-refractivity contribution in [2.45, 2.75) is 6.54 Å². The summed E-state index contributed by atoms with van der Waals surface area (Å²) >= 11 is 0. The largest absolute Gasteiger partial charge is 0.364 e. The Labute approximate surface area is 83.3 Å². The summed E-state index contributed by atoms with van der Waals surface area (Å²) in [6.45, 7) is 3.09. The standard InChI is InChI=1S/C11H12NO2/c13-11-9-14-7-6-12(11)8-10-4-2-1-3-5-10/h1-5,7H,6,8-9H2. The van der Waals surface area contributed by atoms with Gasteiger partial charge in [-0.25, -0.2) is 0 Å². The minimum Gasteiger partial charge on any atom is -0.364 e. The third kappa shape index (κ3) is 2.12. The monoisotopic (exact) mass is 190 g/mol. The summed E-state index contributed by atoms with van der Waals surface area (Å²) in [5.74, 6) is 0.0522. The molecule has 1 aliphatic rings. The van der Waals surface area contributed by atoms with Gasteiger partial charge >= 0.3 is 0 Å². The lowest BCUT2D eigenvalue weighted by molar-refractivity contribution is -0.140. The van der Waals surface area contributed by atoms with Crippen LogP contribution in [0.1, 0.15) is 5.56 Å². The van der Waals surface area contributed by atoms with Gasteiger partial charge in [0.1, 0.15) is 13.2 Å². The molecule has 1 fully saturated rings. The van der Waals surface area contributed by atoms with Gasteiger partial charge in [0.15, 0.2) is 0 Å². The first kappa shape index (κ1) is 9.21. The van der Waals surface area contributed by atoms with E-state index in [1.54, 1.807) is 11.5 Å². The Kier molecular flexibility index (Phi) is 2.79. The SMILES string of the molecule is O=C1CO[CH]CN1Cc1ccccc1. The fraction of sp³-hybridized carbons (Fsp3) is 0.273. The van der Waals surface area contributed by atoms with Crippen LogP contribution in [0.15, 0.2) is 30.3 Å². The van der Waals surface area contributed by atoms with Gasteiger partial charge in [-0.05, 0) is 5.56 Å². The highest BCUT2D eigenvalue weighted by Gasteiger charge is 2.18. The van der Waals surface area contributed by atoms with Crippen LogP contribution in [0.25, 0.3) is 0 Å². The minimum atomic E-state index is 0.0522. The summed E-state index contributed by atoms with van der Waals surface area (Å²) in [4.78, 5) is 13.2. The molecule has 0 spiro atoms. The second kappa shape index (κ2) is 4.24. The molecule has 1 aliphatic heterocycles. The zero-order valence-electron chi connectivity index (χ0n) is 7.85. The third-order valence-electron chi connectivity index (χ3n) is 2.19. The highest BCUT2D eigenvalue weighted by atomic mass is 16.5. The van der Waals surface area contributed by atoms with Crippen LogP contribution in [-0.2, 0) is 16.1 Å². The van der Waals surface area contributed by atoms with Crippen LogP contribution in [0.3, 0.4) is 0 Å². The van der Waals surface area contributed by atoms with Crippen molar-refractivity contribution in [3.8, 4) is 0 Å². The number of morpholine rings is 1. The lowest BCUT2D eigenvalue weighted by Gasteiger charge is -2.26. The lowest BCUT2D eigenvalue weighted by atomic mass is 10.2. The Hall–Kier alpha value is -1.35. The summed E-state index contributed by atoms with van der Waals surface area (Å²) in [6, 6.07) is 9.95. The fourth-order valence-corrected chi connectivity index (χ4v) is 1.42. The first-order chi connectivity index (χ1) is 6.86. The maximum absolute atomic E-state index is 11.4. The number of carbonyl (C=O) groups is 1. The van der Waals surface area contributed by atoms with Crippen molar-refractivity contribution in [2.75, 3.05) is 13.2 Å². The van der Waals surface area contributed by atoms with Gasteiger partial charge in [0.2, 0.25) is 5.91 Å². The first-order valence-corrected chi connectivity index (χ1v) is 4.61. The molecule has 73 valence electrons. The summed E-state index contributed by atoms with van der Waals surface area (Å²) < 4.78 is 4.93. The highest BCUT2D eigenvalue weighted by Crippen LogP contribution is 2.08. The number of rotatable bonds is 2. The van der Waals surface area contributed by atoms with Crippen LogP contribution in [0.4, 0.5) is 0 Å². The van der Waals surface area contributed by atoms with Gasteiger partial charge in [-0.1, -0.05) is 30.3 Å². The average Bonchev–Trinajstić information content (AvgIpc) is 2.23. The van der Waals surface area contributed by atoms with Crippen molar-refractivity contribution in [1.29, 1.82) is 0 Å². The summed E-state index contributed by atoms with van der Waals surface area (Å²) in [5, 5.41) is 0. The molecule has 2 rings (SSSR count). The molecule has 0 aliphatic carbocycles. The maximum Gasteiger partial charge on any atom is 0.248 e. The first-order valence-electron chi connectivity index (χ1n) is 4.61. The van der Waals surface area contributed by atoms with Gasteiger partial charge in [0.05, 0.1) is 0 Å². The Morgan fingerprint density at radius 1 is 1.29 bits per heavy atom. The topological polar surface area (TPSA) is 29.5 Å². The number of nitrogens with zero attached hydrogens (tertiary/aromatic N) is 1. The molecule has 14 heavy (non-hydrogen) atoms. The maximum atomic E-state index is 11.4. The van der Waals surface area contributed by atoms with Crippen LogP contribution < -0.4 is 0 Å². The molecule has 1 aromatic carbocycles. The van der Waals surface area contributed by atoms with Crippen LogP contribution in [-0.4, -0.2) is 24.0 Å². The lowest BCUT2D eigenvalue weighted by Crippen LogP contribution is -2.38. The molecule has 0 saturated carbocycles. The van der Waals surface area contributed by atoms with Gasteiger partial charge in [-0.15, -0.1) is 0 Å². The Balaban J connectivity index is 2.00. The van der Waals surface area contributed by atoms with E-state index in [-0.39, 0.29) is 12.5 Å². The van der Waals surface area contributed by atoms with E-state index in [1.807, 2.05) is 30.3 Å². The van der Waals surface area contributed by atoms with Crippen molar-refractivity contribution in [2.24, 2.45) is 0 Å². The van der Waals surface area contributed by atoms with Gasteiger partial charge in [-0.3, -0.25) is 4.79 Å². The molecule has 1 aromatic rings.